The molecule has 1 N–H and O–H groups in total. The van der Waals surface area contributed by atoms with Crippen molar-refractivity contribution in [1.82, 2.24) is 5.32 Å². The second-order valence-corrected chi connectivity index (χ2v) is 8.41. The number of sulfonamides is 1. The molecule has 0 aliphatic carbocycles. The van der Waals surface area contributed by atoms with E-state index >= 15 is 0 Å². The minimum Gasteiger partial charge on any atom is -0.494 e. The molecule has 0 heterocycles. The topological polar surface area (TPSA) is 75.7 Å². The number of carbonyl (C=O) groups is 1. The molecule has 0 fully saturated rings. The lowest BCUT2D eigenvalue weighted by Gasteiger charge is -2.30. The summed E-state index contributed by atoms with van der Waals surface area (Å²) < 4.78 is 31.6. The zero-order chi connectivity index (χ0) is 20.7. The van der Waals surface area contributed by atoms with E-state index in [1.165, 1.54) is 4.31 Å². The van der Waals surface area contributed by atoms with E-state index in [4.69, 9.17) is 4.74 Å². The number of benzene rings is 2. The molecule has 2 rings (SSSR count). The molecule has 0 spiro atoms. The van der Waals surface area contributed by atoms with Crippen molar-refractivity contribution in [3.63, 3.8) is 0 Å². The van der Waals surface area contributed by atoms with Crippen molar-refractivity contribution >= 4 is 21.6 Å². The molecule has 0 saturated heterocycles. The summed E-state index contributed by atoms with van der Waals surface area (Å²) in [5.74, 6) is 0.321. The van der Waals surface area contributed by atoms with Crippen LogP contribution in [0.15, 0.2) is 48.5 Å². The van der Waals surface area contributed by atoms with E-state index in [1.807, 2.05) is 38.1 Å². The summed E-state index contributed by atoms with van der Waals surface area (Å²) in [5.41, 5.74) is 2.50. The largest absolute Gasteiger partial charge is 0.494 e. The maximum atomic E-state index is 12.8. The molecule has 1 amide bonds. The zero-order valence-electron chi connectivity index (χ0n) is 16.8. The fraction of sp³-hybridized carbons (Fsp3) is 0.381. The Bertz CT molecular complexity index is 895. The predicted molar refractivity (Wildman–Crippen MR) is 112 cm³/mol. The number of anilines is 1. The lowest BCUT2D eigenvalue weighted by molar-refractivity contribution is -0.122. The van der Waals surface area contributed by atoms with Gasteiger partial charge in [0.05, 0.1) is 18.6 Å². The average molecular weight is 405 g/mol. The quantitative estimate of drug-likeness (QED) is 0.696. The molecular weight excluding hydrogens is 376 g/mol. The summed E-state index contributed by atoms with van der Waals surface area (Å²) in [6, 6.07) is 13.6. The van der Waals surface area contributed by atoms with Gasteiger partial charge in [-0.3, -0.25) is 9.10 Å². The van der Waals surface area contributed by atoms with Crippen molar-refractivity contribution in [2.24, 2.45) is 0 Å². The van der Waals surface area contributed by atoms with Crippen LogP contribution in [0.5, 0.6) is 5.75 Å². The molecule has 0 aliphatic heterocycles. The first kappa shape index (κ1) is 21.8. The number of amides is 1. The van der Waals surface area contributed by atoms with Crippen LogP contribution in [0.1, 0.15) is 31.4 Å². The summed E-state index contributed by atoms with van der Waals surface area (Å²) in [5, 5.41) is 2.88. The summed E-state index contributed by atoms with van der Waals surface area (Å²) in [4.78, 5) is 12.8. The number of nitrogens with one attached hydrogen (secondary N) is 1. The molecule has 0 aliphatic rings. The minimum absolute atomic E-state index is 0.329. The van der Waals surface area contributed by atoms with Crippen LogP contribution < -0.4 is 14.4 Å². The SMILES string of the molecule is CCOc1ccc(N(C(CC)C(=O)NCc2ccccc2C)S(C)(=O)=O)cc1. The Morgan fingerprint density at radius 2 is 1.75 bits per heavy atom. The second kappa shape index (κ2) is 9.59. The fourth-order valence-corrected chi connectivity index (χ4v) is 4.24. The van der Waals surface area contributed by atoms with Crippen molar-refractivity contribution in [2.75, 3.05) is 17.2 Å². The number of aryl methyl sites for hydroxylation is 1. The predicted octanol–water partition coefficient (Wildman–Crippen LogP) is 3.25. The van der Waals surface area contributed by atoms with Gasteiger partial charge in [-0.25, -0.2) is 8.42 Å². The van der Waals surface area contributed by atoms with Crippen LogP contribution in [0, 0.1) is 6.92 Å². The number of hydrogen-bond donors (Lipinski definition) is 1. The Hall–Kier alpha value is -2.54. The molecule has 1 atom stereocenters. The molecule has 6 nitrogen and oxygen atoms in total. The van der Waals surface area contributed by atoms with Gasteiger partial charge in [0.2, 0.25) is 15.9 Å². The Morgan fingerprint density at radius 3 is 2.29 bits per heavy atom. The van der Waals surface area contributed by atoms with Gasteiger partial charge in [-0.2, -0.15) is 0 Å². The lowest BCUT2D eigenvalue weighted by Crippen LogP contribution is -2.49. The molecule has 0 bridgehead atoms. The number of hydrogen-bond acceptors (Lipinski definition) is 4. The van der Waals surface area contributed by atoms with Crippen molar-refractivity contribution in [1.29, 1.82) is 0 Å². The Kier molecular flexibility index (Phi) is 7.45. The molecule has 0 radical (unpaired) electrons. The first-order chi connectivity index (χ1) is 13.3. The third-order valence-corrected chi connectivity index (χ3v) is 5.63. The van der Waals surface area contributed by atoms with E-state index in [-0.39, 0.29) is 5.91 Å². The first-order valence-electron chi connectivity index (χ1n) is 9.32. The molecular formula is C21H28N2O4S. The molecule has 2 aromatic carbocycles. The van der Waals surface area contributed by atoms with Crippen LogP contribution in [0.3, 0.4) is 0 Å². The minimum atomic E-state index is -3.66. The van der Waals surface area contributed by atoms with Crippen molar-refractivity contribution in [3.8, 4) is 5.75 Å². The first-order valence-corrected chi connectivity index (χ1v) is 11.2. The van der Waals surface area contributed by atoms with Crippen LogP contribution in [0.2, 0.25) is 0 Å². The summed E-state index contributed by atoms with van der Waals surface area (Å²) in [7, 11) is -3.66. The highest BCUT2D eigenvalue weighted by molar-refractivity contribution is 7.92. The smallest absolute Gasteiger partial charge is 0.244 e. The number of rotatable bonds is 9. The van der Waals surface area contributed by atoms with Gasteiger partial charge < -0.3 is 10.1 Å². The van der Waals surface area contributed by atoms with Crippen LogP contribution in [0.4, 0.5) is 5.69 Å². The molecule has 0 saturated carbocycles. The van der Waals surface area contributed by atoms with Gasteiger partial charge in [0.1, 0.15) is 11.8 Å². The van der Waals surface area contributed by atoms with Gasteiger partial charge in [0.15, 0.2) is 0 Å². The van der Waals surface area contributed by atoms with E-state index in [1.54, 1.807) is 31.2 Å². The third-order valence-electron chi connectivity index (χ3n) is 4.45. The van der Waals surface area contributed by atoms with Gasteiger partial charge >= 0.3 is 0 Å². The second-order valence-electron chi connectivity index (χ2n) is 6.55. The lowest BCUT2D eigenvalue weighted by atomic mass is 10.1. The standard InChI is InChI=1S/C21H28N2O4S/c1-5-20(21(24)22-15-17-10-8-7-9-16(17)3)23(28(4,25)26)18-11-13-19(14-12-18)27-6-2/h7-14,20H,5-6,15H2,1-4H3,(H,22,24). The Balaban J connectivity index is 2.24. The van der Waals surface area contributed by atoms with Crippen LogP contribution in [-0.4, -0.2) is 33.2 Å². The van der Waals surface area contributed by atoms with Gasteiger partial charge in [0.25, 0.3) is 0 Å². The monoisotopic (exact) mass is 404 g/mol. The van der Waals surface area contributed by atoms with Crippen molar-refractivity contribution in [2.45, 2.75) is 39.8 Å². The molecule has 28 heavy (non-hydrogen) atoms. The van der Waals surface area contributed by atoms with Crippen LogP contribution in [-0.2, 0) is 21.4 Å². The van der Waals surface area contributed by atoms with E-state index in [2.05, 4.69) is 5.32 Å². The normalized spacial score (nSPS) is 12.3. The van der Waals surface area contributed by atoms with Gasteiger partial charge in [-0.15, -0.1) is 0 Å². The van der Waals surface area contributed by atoms with E-state index in [0.29, 0.717) is 31.0 Å². The highest BCUT2D eigenvalue weighted by atomic mass is 32.2. The molecule has 1 unspecified atom stereocenters. The Labute approximate surface area is 167 Å². The summed E-state index contributed by atoms with van der Waals surface area (Å²) in [6.07, 6.45) is 1.46. The zero-order valence-corrected chi connectivity index (χ0v) is 17.6. The maximum Gasteiger partial charge on any atom is 0.244 e. The van der Waals surface area contributed by atoms with Crippen molar-refractivity contribution in [3.05, 3.63) is 59.7 Å². The summed E-state index contributed by atoms with van der Waals surface area (Å²) >= 11 is 0. The van der Waals surface area contributed by atoms with Crippen molar-refractivity contribution < 1.29 is 17.9 Å². The fourth-order valence-electron chi connectivity index (χ4n) is 3.02. The number of ether oxygens (including phenoxy) is 1. The molecule has 7 heteroatoms. The maximum absolute atomic E-state index is 12.8. The highest BCUT2D eigenvalue weighted by Gasteiger charge is 2.31. The number of nitrogens with zero attached hydrogens (tertiary/aromatic N) is 1. The summed E-state index contributed by atoms with van der Waals surface area (Å²) in [6.45, 7) is 6.52. The molecule has 152 valence electrons. The van der Waals surface area contributed by atoms with Gasteiger partial charge in [0, 0.05) is 6.54 Å². The molecule has 2 aromatic rings. The third kappa shape index (κ3) is 5.48. The van der Waals surface area contributed by atoms with E-state index in [0.717, 1.165) is 17.4 Å². The van der Waals surface area contributed by atoms with Gasteiger partial charge in [-0.1, -0.05) is 31.2 Å². The van der Waals surface area contributed by atoms with Crippen LogP contribution in [0.25, 0.3) is 0 Å². The van der Waals surface area contributed by atoms with Crippen LogP contribution >= 0.6 is 0 Å². The highest BCUT2D eigenvalue weighted by Crippen LogP contribution is 2.25. The van der Waals surface area contributed by atoms with E-state index < -0.39 is 16.1 Å². The molecule has 0 aromatic heterocycles. The number of carbonyl (C=O) groups excluding carboxylic acids is 1. The Morgan fingerprint density at radius 1 is 1.11 bits per heavy atom. The average Bonchev–Trinajstić information content (AvgIpc) is 2.65. The van der Waals surface area contributed by atoms with Gasteiger partial charge in [-0.05, 0) is 55.7 Å². The van der Waals surface area contributed by atoms with E-state index in [9.17, 15) is 13.2 Å².